The van der Waals surface area contributed by atoms with Crippen LogP contribution in [-0.2, 0) is 14.8 Å². The molecule has 3 rings (SSSR count). The molecule has 0 saturated heterocycles. The summed E-state index contributed by atoms with van der Waals surface area (Å²) < 4.78 is 15.7. The van der Waals surface area contributed by atoms with Crippen molar-refractivity contribution in [3.63, 3.8) is 0 Å². The Morgan fingerprint density at radius 2 is 1.96 bits per heavy atom. The Morgan fingerprint density at radius 1 is 1.29 bits per heavy atom. The van der Waals surface area contributed by atoms with Crippen LogP contribution in [0, 0.1) is 0 Å². The lowest BCUT2D eigenvalue weighted by molar-refractivity contribution is -0.111. The highest BCUT2D eigenvalue weighted by atomic mass is 35.5. The maximum atomic E-state index is 12.2. The van der Waals surface area contributed by atoms with Crippen molar-refractivity contribution in [2.75, 3.05) is 0 Å². The van der Waals surface area contributed by atoms with Gasteiger partial charge in [0.05, 0.1) is 16.4 Å². The molecule has 1 heterocycles. The van der Waals surface area contributed by atoms with Crippen molar-refractivity contribution in [2.24, 2.45) is 4.99 Å². The molecule has 0 aromatic heterocycles. The second-order valence-electron chi connectivity index (χ2n) is 6.23. The number of phosphoric ester groups is 1. The summed E-state index contributed by atoms with van der Waals surface area (Å²) in [4.78, 5) is 34.7. The maximum Gasteiger partial charge on any atom is 0.524 e. The number of carbonyl (C=O) groups is 1. The summed E-state index contributed by atoms with van der Waals surface area (Å²) in [5.41, 5.74) is 2.37. The Kier molecular flexibility index (Phi) is 3.85. The molecular weight excluding hydrogens is 353 g/mol. The lowest BCUT2D eigenvalue weighted by Gasteiger charge is -2.36. The molecule has 0 fully saturated rings. The number of ketones is 1. The summed E-state index contributed by atoms with van der Waals surface area (Å²) in [5.74, 6) is -0.218. The lowest BCUT2D eigenvalue weighted by atomic mass is 9.71. The third kappa shape index (κ3) is 2.76. The van der Waals surface area contributed by atoms with Crippen LogP contribution in [-0.4, -0.2) is 21.3 Å². The molecule has 1 aromatic carbocycles. The fraction of sp³-hybridized carbons (Fsp3) is 0.250. The van der Waals surface area contributed by atoms with Gasteiger partial charge in [0.15, 0.2) is 0 Å². The first kappa shape index (κ1) is 17.1. The van der Waals surface area contributed by atoms with Gasteiger partial charge < -0.3 is 4.52 Å². The maximum absolute atomic E-state index is 12.2. The van der Waals surface area contributed by atoms with E-state index in [2.05, 4.69) is 9.52 Å². The van der Waals surface area contributed by atoms with Gasteiger partial charge in [0.25, 0.3) is 0 Å². The van der Waals surface area contributed by atoms with E-state index < -0.39 is 13.2 Å². The molecule has 1 aliphatic carbocycles. The number of halogens is 1. The van der Waals surface area contributed by atoms with Crippen molar-refractivity contribution in [1.82, 2.24) is 0 Å². The van der Waals surface area contributed by atoms with Crippen LogP contribution in [0.5, 0.6) is 5.75 Å². The average molecular weight is 368 g/mol. The van der Waals surface area contributed by atoms with Crippen LogP contribution < -0.4 is 4.52 Å². The standard InChI is InChI=1S/C16H15ClNO5P/c1-8-6-12-13(14(17)15(8)19)16(2,3)10-7-9(23-24(20,21)22)4-5-11(10)18-12/h4-7H,1-3H3,(H2,20,21,22). The number of benzene rings is 1. The van der Waals surface area contributed by atoms with Gasteiger partial charge >= 0.3 is 7.82 Å². The molecule has 1 aliphatic heterocycles. The summed E-state index contributed by atoms with van der Waals surface area (Å²) in [6.45, 7) is 5.44. The number of carbonyl (C=O) groups excluding carboxylic acids is 1. The predicted octanol–water partition coefficient (Wildman–Crippen LogP) is 3.54. The molecule has 2 aliphatic rings. The Morgan fingerprint density at radius 3 is 2.58 bits per heavy atom. The van der Waals surface area contributed by atoms with Gasteiger partial charge in [0.1, 0.15) is 5.75 Å². The molecule has 0 bridgehead atoms. The zero-order chi connectivity index (χ0) is 17.9. The van der Waals surface area contributed by atoms with Crippen molar-refractivity contribution in [2.45, 2.75) is 26.2 Å². The first-order chi connectivity index (χ1) is 11.0. The van der Waals surface area contributed by atoms with E-state index in [-0.39, 0.29) is 16.6 Å². The summed E-state index contributed by atoms with van der Waals surface area (Å²) in [6.07, 6.45) is 1.70. The van der Waals surface area contributed by atoms with Crippen molar-refractivity contribution >= 4 is 36.6 Å². The summed E-state index contributed by atoms with van der Waals surface area (Å²) in [7, 11) is -4.66. The lowest BCUT2D eigenvalue weighted by Crippen LogP contribution is -2.33. The highest BCUT2D eigenvalue weighted by Gasteiger charge is 2.40. The highest BCUT2D eigenvalue weighted by Crippen LogP contribution is 2.48. The van der Waals surface area contributed by atoms with E-state index in [9.17, 15) is 9.36 Å². The van der Waals surface area contributed by atoms with Crippen LogP contribution in [0.25, 0.3) is 0 Å². The minimum atomic E-state index is -4.66. The van der Waals surface area contributed by atoms with E-state index in [0.29, 0.717) is 28.1 Å². The molecule has 126 valence electrons. The fourth-order valence-electron chi connectivity index (χ4n) is 3.00. The number of aliphatic imine (C=N–C) groups is 1. The molecule has 24 heavy (non-hydrogen) atoms. The number of fused-ring (bicyclic) bond motifs is 2. The third-order valence-electron chi connectivity index (χ3n) is 4.12. The Hall–Kier alpha value is -1.72. The van der Waals surface area contributed by atoms with Gasteiger partial charge in [-0.15, -0.1) is 0 Å². The van der Waals surface area contributed by atoms with Crippen LogP contribution in [0.3, 0.4) is 0 Å². The number of hydrogen-bond donors (Lipinski definition) is 2. The van der Waals surface area contributed by atoms with Crippen LogP contribution in [0.15, 0.2) is 45.4 Å². The van der Waals surface area contributed by atoms with E-state index in [4.69, 9.17) is 21.4 Å². The Labute approximate surface area is 143 Å². The number of Topliss-reactive ketones (excluding diaryl/α,β-unsaturated/α-hetero) is 1. The van der Waals surface area contributed by atoms with Crippen molar-refractivity contribution in [1.29, 1.82) is 0 Å². The van der Waals surface area contributed by atoms with Crippen LogP contribution in [0.4, 0.5) is 5.69 Å². The van der Waals surface area contributed by atoms with Gasteiger partial charge in [-0.3, -0.25) is 14.6 Å². The number of nitrogens with zero attached hydrogens (tertiary/aromatic N) is 1. The smallest absolute Gasteiger partial charge is 0.404 e. The molecule has 8 heteroatoms. The molecule has 1 aromatic rings. The zero-order valence-electron chi connectivity index (χ0n) is 13.2. The van der Waals surface area contributed by atoms with Gasteiger partial charge in [-0.25, -0.2) is 9.56 Å². The molecule has 0 spiro atoms. The second-order valence-corrected chi connectivity index (χ2v) is 7.77. The predicted molar refractivity (Wildman–Crippen MR) is 90.9 cm³/mol. The minimum Gasteiger partial charge on any atom is -0.404 e. The van der Waals surface area contributed by atoms with Crippen molar-refractivity contribution in [3.8, 4) is 5.75 Å². The van der Waals surface area contributed by atoms with E-state index in [0.717, 1.165) is 0 Å². The quantitative estimate of drug-likeness (QED) is 0.615. The number of hydrogen-bond acceptors (Lipinski definition) is 4. The van der Waals surface area contributed by atoms with E-state index in [1.807, 2.05) is 13.8 Å². The first-order valence-electron chi connectivity index (χ1n) is 7.12. The first-order valence-corrected chi connectivity index (χ1v) is 9.03. The normalized spacial score (nSPS) is 19.3. The van der Waals surface area contributed by atoms with E-state index in [1.54, 1.807) is 19.1 Å². The summed E-state index contributed by atoms with van der Waals surface area (Å²) >= 11 is 6.29. The third-order valence-corrected chi connectivity index (χ3v) is 4.93. The van der Waals surface area contributed by atoms with Gasteiger partial charge in [0, 0.05) is 16.6 Å². The topological polar surface area (TPSA) is 96.2 Å². The minimum absolute atomic E-state index is 0.0272. The zero-order valence-corrected chi connectivity index (χ0v) is 14.9. The van der Waals surface area contributed by atoms with Gasteiger partial charge in [-0.1, -0.05) is 25.4 Å². The molecule has 0 radical (unpaired) electrons. The second kappa shape index (κ2) is 5.39. The highest BCUT2D eigenvalue weighted by molar-refractivity contribution is 7.46. The molecule has 0 atom stereocenters. The largest absolute Gasteiger partial charge is 0.524 e. The molecular formula is C16H15ClNO5P. The molecule has 0 unspecified atom stereocenters. The van der Waals surface area contributed by atoms with Crippen molar-refractivity contribution in [3.05, 3.63) is 46.0 Å². The SMILES string of the molecule is CC1=CC2=Nc3ccc(OP(=O)(O)O)cc3C(C)(C)C2=C(Cl)C1=O. The van der Waals surface area contributed by atoms with Crippen molar-refractivity contribution < 1.29 is 23.7 Å². The molecule has 0 amide bonds. The number of allylic oxidation sites excluding steroid dienone is 4. The van der Waals surface area contributed by atoms with Gasteiger partial charge in [0.2, 0.25) is 5.78 Å². The van der Waals surface area contributed by atoms with E-state index in [1.165, 1.54) is 12.1 Å². The van der Waals surface area contributed by atoms with Gasteiger partial charge in [-0.05, 0) is 36.8 Å². The number of rotatable bonds is 2. The number of phosphoric acid groups is 1. The van der Waals surface area contributed by atoms with Crippen LogP contribution >= 0.6 is 19.4 Å². The summed E-state index contributed by atoms with van der Waals surface area (Å²) in [5, 5.41) is 0.116. The fourth-order valence-corrected chi connectivity index (χ4v) is 3.87. The molecule has 0 saturated carbocycles. The average Bonchev–Trinajstić information content (AvgIpc) is 2.43. The molecule has 6 nitrogen and oxygen atoms in total. The summed E-state index contributed by atoms with van der Waals surface area (Å²) in [6, 6.07) is 4.58. The van der Waals surface area contributed by atoms with Gasteiger partial charge in [-0.2, -0.15) is 0 Å². The molecule has 2 N–H and O–H groups in total. The van der Waals surface area contributed by atoms with E-state index >= 15 is 0 Å². The van der Waals surface area contributed by atoms with Crippen LogP contribution in [0.1, 0.15) is 26.3 Å². The monoisotopic (exact) mass is 367 g/mol. The Balaban J connectivity index is 2.21. The Bertz CT molecular complexity index is 907. The van der Waals surface area contributed by atoms with Crippen LogP contribution in [0.2, 0.25) is 0 Å².